The smallest absolute Gasteiger partial charge is 0.318 e. The second kappa shape index (κ2) is 4.94. The van der Waals surface area contributed by atoms with E-state index in [0.29, 0.717) is 0 Å². The highest BCUT2D eigenvalue weighted by Gasteiger charge is 2.22. The third kappa shape index (κ3) is 2.69. The maximum absolute atomic E-state index is 10.7. The number of hydrogen-bond acceptors (Lipinski definition) is 8. The van der Waals surface area contributed by atoms with E-state index in [9.17, 15) is 20.2 Å². The standard InChI is InChI=1S/C7H8N4O6/c1-16-7-5(9(8)17-11(14)15)3-2-4-6(7)10(12)13/h2-4H,8H2,1H3. The predicted octanol–water partition coefficient (Wildman–Crippen LogP) is 0.407. The van der Waals surface area contributed by atoms with Gasteiger partial charge in [0.1, 0.15) is 5.69 Å². The number of para-hydroxylation sites is 1. The molecule has 0 bridgehead atoms. The van der Waals surface area contributed by atoms with Crippen molar-refractivity contribution in [1.29, 1.82) is 0 Å². The normalized spacial score (nSPS) is 9.53. The van der Waals surface area contributed by atoms with E-state index in [-0.39, 0.29) is 22.3 Å². The van der Waals surface area contributed by atoms with Crippen molar-refractivity contribution in [3.8, 4) is 5.75 Å². The SMILES string of the molecule is COc1c(N(N)O[N+](=O)[O-])cccc1[N+](=O)[O-]. The molecule has 0 aliphatic heterocycles. The first-order chi connectivity index (χ1) is 7.97. The zero-order valence-electron chi connectivity index (χ0n) is 8.60. The summed E-state index contributed by atoms with van der Waals surface area (Å²) in [7, 11) is 1.17. The summed E-state index contributed by atoms with van der Waals surface area (Å²) in [5, 5.41) is 19.9. The van der Waals surface area contributed by atoms with Gasteiger partial charge in [-0.25, -0.2) is 5.84 Å². The fourth-order valence-corrected chi connectivity index (χ4v) is 1.16. The average Bonchev–Trinajstić information content (AvgIpc) is 2.26. The van der Waals surface area contributed by atoms with Crippen molar-refractivity contribution < 1.29 is 19.7 Å². The molecule has 0 aliphatic carbocycles. The zero-order chi connectivity index (χ0) is 13.0. The lowest BCUT2D eigenvalue weighted by Crippen LogP contribution is -2.33. The Balaban J connectivity index is 3.19. The van der Waals surface area contributed by atoms with Gasteiger partial charge in [0.15, 0.2) is 0 Å². The van der Waals surface area contributed by atoms with Gasteiger partial charge in [-0.3, -0.25) is 10.1 Å². The lowest BCUT2D eigenvalue weighted by Gasteiger charge is -2.16. The minimum Gasteiger partial charge on any atom is -0.489 e. The summed E-state index contributed by atoms with van der Waals surface area (Å²) in [5.74, 6) is 4.97. The third-order valence-corrected chi connectivity index (χ3v) is 1.77. The van der Waals surface area contributed by atoms with E-state index >= 15 is 0 Å². The van der Waals surface area contributed by atoms with Crippen molar-refractivity contribution in [3.63, 3.8) is 0 Å². The molecule has 0 unspecified atom stereocenters. The number of nitro benzene ring substituents is 1. The van der Waals surface area contributed by atoms with Crippen molar-refractivity contribution in [2.45, 2.75) is 0 Å². The highest BCUT2D eigenvalue weighted by Crippen LogP contribution is 2.35. The summed E-state index contributed by atoms with van der Waals surface area (Å²) in [4.78, 5) is 24.0. The van der Waals surface area contributed by atoms with Gasteiger partial charge in [-0.1, -0.05) is 6.07 Å². The van der Waals surface area contributed by atoms with E-state index in [1.165, 1.54) is 25.3 Å². The molecule has 92 valence electrons. The Morgan fingerprint density at radius 3 is 2.47 bits per heavy atom. The number of nitro groups is 1. The topological polar surface area (TPSA) is 134 Å². The summed E-state index contributed by atoms with van der Waals surface area (Å²) in [5.41, 5.74) is -0.522. The van der Waals surface area contributed by atoms with Crippen LogP contribution in [0.25, 0.3) is 0 Å². The van der Waals surface area contributed by atoms with Gasteiger partial charge in [-0.2, -0.15) is 4.94 Å². The van der Waals surface area contributed by atoms with Crippen LogP contribution in [0.15, 0.2) is 18.2 Å². The van der Waals surface area contributed by atoms with Crippen molar-refractivity contribution in [2.75, 3.05) is 12.3 Å². The number of anilines is 1. The zero-order valence-corrected chi connectivity index (χ0v) is 8.60. The van der Waals surface area contributed by atoms with Crippen LogP contribution in [0.3, 0.4) is 0 Å². The molecule has 17 heavy (non-hydrogen) atoms. The van der Waals surface area contributed by atoms with Crippen molar-refractivity contribution in [2.24, 2.45) is 5.84 Å². The number of nitrogens with two attached hydrogens (primary N) is 1. The second-order valence-corrected chi connectivity index (χ2v) is 2.72. The van der Waals surface area contributed by atoms with Crippen LogP contribution < -0.4 is 15.8 Å². The van der Waals surface area contributed by atoms with Crippen LogP contribution >= 0.6 is 0 Å². The largest absolute Gasteiger partial charge is 0.489 e. The van der Waals surface area contributed by atoms with Gasteiger partial charge in [-0.05, 0) is 6.07 Å². The highest BCUT2D eigenvalue weighted by molar-refractivity contribution is 5.65. The van der Waals surface area contributed by atoms with Crippen LogP contribution in [0, 0.1) is 20.2 Å². The van der Waals surface area contributed by atoms with Gasteiger partial charge in [0.2, 0.25) is 5.75 Å². The molecule has 0 saturated carbocycles. The number of hydrogen-bond donors (Lipinski definition) is 1. The molecule has 0 aliphatic rings. The third-order valence-electron chi connectivity index (χ3n) is 1.77. The molecule has 2 N–H and O–H groups in total. The van der Waals surface area contributed by atoms with Crippen LogP contribution in [0.5, 0.6) is 5.75 Å². The van der Waals surface area contributed by atoms with Crippen LogP contribution in [0.1, 0.15) is 0 Å². The first kappa shape index (κ1) is 12.4. The molecule has 0 saturated heterocycles. The molecular weight excluding hydrogens is 236 g/mol. The summed E-state index contributed by atoms with van der Waals surface area (Å²) in [6, 6.07) is 3.73. The van der Waals surface area contributed by atoms with Crippen molar-refractivity contribution in [1.82, 2.24) is 0 Å². The summed E-state index contributed by atoms with van der Waals surface area (Å²) in [6.45, 7) is 0. The molecule has 0 heterocycles. The van der Waals surface area contributed by atoms with Crippen molar-refractivity contribution >= 4 is 11.4 Å². The van der Waals surface area contributed by atoms with E-state index in [2.05, 4.69) is 4.94 Å². The Morgan fingerprint density at radius 2 is 2.00 bits per heavy atom. The minimum absolute atomic E-state index is 0.140. The quantitative estimate of drug-likeness (QED) is 0.447. The fraction of sp³-hybridized carbons (Fsp3) is 0.143. The van der Waals surface area contributed by atoms with Crippen LogP contribution in [-0.4, -0.2) is 17.1 Å². The first-order valence-corrected chi connectivity index (χ1v) is 4.16. The van der Waals surface area contributed by atoms with E-state index in [4.69, 9.17) is 10.6 Å². The van der Waals surface area contributed by atoms with Crippen LogP contribution in [0.4, 0.5) is 11.4 Å². The summed E-state index contributed by atoms with van der Waals surface area (Å²) >= 11 is 0. The summed E-state index contributed by atoms with van der Waals surface area (Å²) in [6.07, 6.45) is 0. The van der Waals surface area contributed by atoms with Crippen LogP contribution in [0.2, 0.25) is 0 Å². The maximum Gasteiger partial charge on any atom is 0.318 e. The molecule has 10 heteroatoms. The number of ether oxygens (including phenoxy) is 1. The van der Waals surface area contributed by atoms with Gasteiger partial charge >= 0.3 is 10.8 Å². The van der Waals surface area contributed by atoms with E-state index < -0.39 is 10.0 Å². The lowest BCUT2D eigenvalue weighted by atomic mass is 10.2. The minimum atomic E-state index is -1.15. The molecule has 0 amide bonds. The number of rotatable bonds is 5. The maximum atomic E-state index is 10.7. The Bertz CT molecular complexity index is 450. The van der Waals surface area contributed by atoms with E-state index in [1.54, 1.807) is 0 Å². The van der Waals surface area contributed by atoms with Gasteiger partial charge in [-0.15, -0.1) is 15.3 Å². The average molecular weight is 244 g/mol. The molecule has 1 aromatic rings. The Labute approximate surface area is 94.3 Å². The second-order valence-electron chi connectivity index (χ2n) is 2.72. The molecule has 0 radical (unpaired) electrons. The lowest BCUT2D eigenvalue weighted by molar-refractivity contribution is -0.762. The first-order valence-electron chi connectivity index (χ1n) is 4.16. The number of benzene rings is 1. The Morgan fingerprint density at radius 1 is 1.35 bits per heavy atom. The van der Waals surface area contributed by atoms with Crippen LogP contribution in [-0.2, 0) is 4.94 Å². The molecule has 0 atom stereocenters. The molecule has 1 rings (SSSR count). The molecular formula is C7H8N4O6. The monoisotopic (exact) mass is 244 g/mol. The summed E-state index contributed by atoms with van der Waals surface area (Å²) < 4.78 is 4.77. The molecule has 0 aromatic heterocycles. The Hall–Kier alpha value is -2.62. The van der Waals surface area contributed by atoms with Gasteiger partial charge in [0.25, 0.3) is 0 Å². The molecule has 1 aromatic carbocycles. The van der Waals surface area contributed by atoms with Gasteiger partial charge in [0.05, 0.1) is 12.0 Å². The predicted molar refractivity (Wildman–Crippen MR) is 54.4 cm³/mol. The van der Waals surface area contributed by atoms with Crippen molar-refractivity contribution in [3.05, 3.63) is 38.4 Å². The number of hydrazine groups is 1. The van der Waals surface area contributed by atoms with E-state index in [0.717, 1.165) is 0 Å². The van der Waals surface area contributed by atoms with Gasteiger partial charge < -0.3 is 4.74 Å². The molecule has 10 nitrogen and oxygen atoms in total. The van der Waals surface area contributed by atoms with E-state index in [1.807, 2.05) is 0 Å². The number of nitrogens with zero attached hydrogens (tertiary/aromatic N) is 3. The number of methoxy groups -OCH3 is 1. The fourth-order valence-electron chi connectivity index (χ4n) is 1.16. The molecule has 0 fully saturated rings. The van der Waals surface area contributed by atoms with Gasteiger partial charge in [0, 0.05) is 6.07 Å². The Kier molecular flexibility index (Phi) is 3.62. The molecule has 0 spiro atoms. The highest BCUT2D eigenvalue weighted by atomic mass is 17.0.